The van der Waals surface area contributed by atoms with E-state index in [0.717, 1.165) is 18.9 Å². The fourth-order valence-corrected chi connectivity index (χ4v) is 2.97. The predicted molar refractivity (Wildman–Crippen MR) is 61.1 cm³/mol. The fraction of sp³-hybridized carbons (Fsp3) is 0.692. The van der Waals surface area contributed by atoms with Gasteiger partial charge in [0.05, 0.1) is 0 Å². The van der Waals surface area contributed by atoms with Crippen molar-refractivity contribution in [3.05, 3.63) is 12.7 Å². The van der Waals surface area contributed by atoms with E-state index in [9.17, 15) is 9.59 Å². The van der Waals surface area contributed by atoms with E-state index in [2.05, 4.69) is 20.4 Å². The normalized spacial score (nSPS) is 38.4. The van der Waals surface area contributed by atoms with Gasteiger partial charge in [0, 0.05) is 17.4 Å². The van der Waals surface area contributed by atoms with Crippen molar-refractivity contribution in [3.8, 4) is 0 Å². The van der Waals surface area contributed by atoms with Gasteiger partial charge in [-0.05, 0) is 19.8 Å². The van der Waals surface area contributed by atoms with Crippen LogP contribution in [0.2, 0.25) is 0 Å². The highest BCUT2D eigenvalue weighted by Gasteiger charge is 2.63. The summed E-state index contributed by atoms with van der Waals surface area (Å²) < 4.78 is 10.6. The van der Waals surface area contributed by atoms with Crippen molar-refractivity contribution in [3.63, 3.8) is 0 Å². The molecule has 2 aliphatic rings. The SMILES string of the molecule is C=CC(=O)OC1C(=O)OC2(C)CCC1C2(C)C. The predicted octanol–water partition coefficient (Wildman–Crippen LogP) is 1.84. The number of ether oxygens (including phenoxy) is 2. The topological polar surface area (TPSA) is 52.6 Å². The first-order valence-corrected chi connectivity index (χ1v) is 5.88. The Morgan fingerprint density at radius 2 is 2.18 bits per heavy atom. The molecule has 4 nitrogen and oxygen atoms in total. The van der Waals surface area contributed by atoms with Crippen molar-refractivity contribution in [2.75, 3.05) is 0 Å². The van der Waals surface area contributed by atoms with Crippen LogP contribution in [0.25, 0.3) is 0 Å². The quantitative estimate of drug-likeness (QED) is 0.544. The van der Waals surface area contributed by atoms with Crippen LogP contribution < -0.4 is 0 Å². The first-order valence-electron chi connectivity index (χ1n) is 5.88. The molecule has 2 fully saturated rings. The van der Waals surface area contributed by atoms with Crippen LogP contribution in [0.5, 0.6) is 0 Å². The van der Waals surface area contributed by atoms with Gasteiger partial charge < -0.3 is 9.47 Å². The Morgan fingerprint density at radius 1 is 1.53 bits per heavy atom. The molecule has 94 valence electrons. The second-order valence-electron chi connectivity index (χ2n) is 5.58. The van der Waals surface area contributed by atoms with E-state index in [1.54, 1.807) is 0 Å². The van der Waals surface area contributed by atoms with Gasteiger partial charge >= 0.3 is 11.9 Å². The van der Waals surface area contributed by atoms with Crippen LogP contribution in [-0.4, -0.2) is 23.6 Å². The molecule has 3 atom stereocenters. The van der Waals surface area contributed by atoms with Crippen LogP contribution in [0.1, 0.15) is 33.6 Å². The summed E-state index contributed by atoms with van der Waals surface area (Å²) >= 11 is 0. The smallest absolute Gasteiger partial charge is 0.348 e. The monoisotopic (exact) mass is 238 g/mol. The molecule has 0 aromatic heterocycles. The minimum absolute atomic E-state index is 0.0256. The molecule has 1 aliphatic carbocycles. The zero-order chi connectivity index (χ0) is 12.8. The number of fused-ring (bicyclic) bond motifs is 2. The minimum atomic E-state index is -0.786. The standard InChI is InChI=1S/C13H18O4/c1-5-9(14)16-10-8-6-7-13(4,12(8,2)3)17-11(10)15/h5,8,10H,1,6-7H2,2-4H3. The third-order valence-electron chi connectivity index (χ3n) is 4.56. The fourth-order valence-electron chi connectivity index (χ4n) is 2.97. The summed E-state index contributed by atoms with van der Waals surface area (Å²) in [6.45, 7) is 9.41. The first kappa shape index (κ1) is 12.1. The maximum absolute atomic E-state index is 11.9. The number of esters is 2. The molecule has 0 aromatic carbocycles. The molecule has 2 bridgehead atoms. The lowest BCUT2D eigenvalue weighted by molar-refractivity contribution is -0.208. The van der Waals surface area contributed by atoms with E-state index in [1.165, 1.54) is 0 Å². The second-order valence-corrected chi connectivity index (χ2v) is 5.58. The summed E-state index contributed by atoms with van der Waals surface area (Å²) in [6.07, 6.45) is 1.94. The zero-order valence-corrected chi connectivity index (χ0v) is 10.5. The van der Waals surface area contributed by atoms with E-state index in [-0.39, 0.29) is 11.3 Å². The van der Waals surface area contributed by atoms with Gasteiger partial charge in [-0.1, -0.05) is 20.4 Å². The molecule has 1 saturated heterocycles. The van der Waals surface area contributed by atoms with E-state index < -0.39 is 23.6 Å². The molecule has 0 aromatic rings. The summed E-state index contributed by atoms with van der Waals surface area (Å²) in [5.41, 5.74) is -0.612. The molecule has 0 spiro atoms. The summed E-state index contributed by atoms with van der Waals surface area (Å²) in [4.78, 5) is 23.1. The molecule has 0 radical (unpaired) electrons. The van der Waals surface area contributed by atoms with Crippen LogP contribution in [-0.2, 0) is 19.1 Å². The summed E-state index contributed by atoms with van der Waals surface area (Å²) in [5.74, 6) is -0.972. The Bertz CT molecular complexity index is 385. The average Bonchev–Trinajstić information content (AvgIpc) is 2.39. The van der Waals surface area contributed by atoms with Gasteiger partial charge in [0.2, 0.25) is 6.10 Å². The summed E-state index contributed by atoms with van der Waals surface area (Å²) in [6, 6.07) is 0. The van der Waals surface area contributed by atoms with Gasteiger partial charge in [-0.2, -0.15) is 0 Å². The van der Waals surface area contributed by atoms with Crippen molar-refractivity contribution < 1.29 is 19.1 Å². The molecule has 0 N–H and O–H groups in total. The van der Waals surface area contributed by atoms with E-state index in [1.807, 2.05) is 6.92 Å². The largest absolute Gasteiger partial charge is 0.456 e. The minimum Gasteiger partial charge on any atom is -0.456 e. The lowest BCUT2D eigenvalue weighted by Gasteiger charge is -2.47. The second kappa shape index (κ2) is 3.59. The van der Waals surface area contributed by atoms with Gasteiger partial charge in [0.15, 0.2) is 0 Å². The van der Waals surface area contributed by atoms with Crippen LogP contribution in [0.15, 0.2) is 12.7 Å². The zero-order valence-electron chi connectivity index (χ0n) is 10.5. The van der Waals surface area contributed by atoms with Gasteiger partial charge in [-0.25, -0.2) is 9.59 Å². The average molecular weight is 238 g/mol. The summed E-state index contributed by atoms with van der Waals surface area (Å²) in [5, 5.41) is 0. The van der Waals surface area contributed by atoms with E-state index in [0.29, 0.717) is 0 Å². The Labute approximate surface area is 101 Å². The number of carbonyl (C=O) groups is 2. The molecule has 3 unspecified atom stereocenters. The first-order chi connectivity index (χ1) is 7.82. The van der Waals surface area contributed by atoms with Crippen LogP contribution in [0.3, 0.4) is 0 Å². The Kier molecular flexibility index (Phi) is 2.56. The molecule has 17 heavy (non-hydrogen) atoms. The van der Waals surface area contributed by atoms with E-state index in [4.69, 9.17) is 9.47 Å². The third-order valence-corrected chi connectivity index (χ3v) is 4.56. The van der Waals surface area contributed by atoms with Gasteiger partial charge in [-0.15, -0.1) is 0 Å². The molecule has 1 aliphatic heterocycles. The number of rotatable bonds is 2. The van der Waals surface area contributed by atoms with Crippen LogP contribution in [0.4, 0.5) is 0 Å². The van der Waals surface area contributed by atoms with Crippen molar-refractivity contribution in [1.82, 2.24) is 0 Å². The number of carbonyl (C=O) groups excluding carboxylic acids is 2. The van der Waals surface area contributed by atoms with Gasteiger partial charge in [0.1, 0.15) is 5.60 Å². The van der Waals surface area contributed by atoms with Crippen LogP contribution in [0, 0.1) is 11.3 Å². The highest BCUT2D eigenvalue weighted by molar-refractivity contribution is 5.86. The highest BCUT2D eigenvalue weighted by atomic mass is 16.6. The number of hydrogen-bond acceptors (Lipinski definition) is 4. The van der Waals surface area contributed by atoms with Crippen molar-refractivity contribution in [1.29, 1.82) is 0 Å². The maximum atomic E-state index is 11.9. The Morgan fingerprint density at radius 3 is 2.76 bits per heavy atom. The van der Waals surface area contributed by atoms with Gasteiger partial charge in [0.25, 0.3) is 0 Å². The van der Waals surface area contributed by atoms with Gasteiger partial charge in [-0.3, -0.25) is 0 Å². The van der Waals surface area contributed by atoms with E-state index >= 15 is 0 Å². The van der Waals surface area contributed by atoms with Crippen LogP contribution >= 0.6 is 0 Å². The molecule has 1 saturated carbocycles. The summed E-state index contributed by atoms with van der Waals surface area (Å²) in [7, 11) is 0. The molecule has 2 rings (SSSR count). The third kappa shape index (κ3) is 1.58. The molecular formula is C13H18O4. The molecule has 1 heterocycles. The Hall–Kier alpha value is -1.32. The maximum Gasteiger partial charge on any atom is 0.348 e. The van der Waals surface area contributed by atoms with Crippen molar-refractivity contribution in [2.45, 2.75) is 45.3 Å². The molecule has 0 amide bonds. The van der Waals surface area contributed by atoms with Crippen molar-refractivity contribution >= 4 is 11.9 Å². The lowest BCUT2D eigenvalue weighted by Crippen LogP contribution is -2.56. The highest BCUT2D eigenvalue weighted by Crippen LogP contribution is 2.57. The number of hydrogen-bond donors (Lipinski definition) is 0. The lowest BCUT2D eigenvalue weighted by atomic mass is 9.69. The Balaban J connectivity index is 2.28. The molecular weight excluding hydrogens is 220 g/mol. The van der Waals surface area contributed by atoms with Crippen molar-refractivity contribution in [2.24, 2.45) is 11.3 Å². The molecule has 4 heteroatoms.